The Bertz CT molecular complexity index is 1080. The second kappa shape index (κ2) is 4.68. The minimum absolute atomic E-state index is 1.01. The zero-order valence-electron chi connectivity index (χ0n) is 12.5. The summed E-state index contributed by atoms with van der Waals surface area (Å²) in [5.41, 5.74) is 4.35. The number of hydrogen-bond donors (Lipinski definition) is 0. The normalized spacial score (nSPS) is 11.5. The molecule has 0 unspecified atom stereocenters. The molecule has 0 radical (unpaired) electrons. The highest BCUT2D eigenvalue weighted by Crippen LogP contribution is 2.31. The van der Waals surface area contributed by atoms with Gasteiger partial charge in [-0.2, -0.15) is 0 Å². The Kier molecular flexibility index (Phi) is 2.53. The van der Waals surface area contributed by atoms with Gasteiger partial charge in [-0.15, -0.1) is 0 Å². The third-order valence-electron chi connectivity index (χ3n) is 4.40. The predicted molar refractivity (Wildman–Crippen MR) is 95.6 cm³/mol. The molecule has 0 aliphatic rings. The highest BCUT2D eigenvalue weighted by molar-refractivity contribution is 6.11. The summed E-state index contributed by atoms with van der Waals surface area (Å²) in [4.78, 5) is 4.92. The van der Waals surface area contributed by atoms with Crippen molar-refractivity contribution in [2.75, 3.05) is 0 Å². The Hall–Kier alpha value is -3.13. The summed E-state index contributed by atoms with van der Waals surface area (Å²) in [5.74, 6) is 0. The van der Waals surface area contributed by atoms with Crippen LogP contribution in [0.3, 0.4) is 0 Å². The summed E-state index contributed by atoms with van der Waals surface area (Å²) < 4.78 is 2.21. The molecule has 0 saturated heterocycles. The van der Waals surface area contributed by atoms with Crippen molar-refractivity contribution >= 4 is 27.3 Å². The number of nitrogens with zero attached hydrogens (tertiary/aromatic N) is 2. The number of fused-ring (bicyclic) bond motifs is 6. The first-order chi connectivity index (χ1) is 11.4. The zero-order chi connectivity index (χ0) is 15.2. The molecule has 0 atom stereocenters. The highest BCUT2D eigenvalue weighted by Gasteiger charge is 2.11. The molecular weight excluding hydrogens is 280 g/mol. The number of benzene rings is 3. The van der Waals surface area contributed by atoms with Gasteiger partial charge in [0.1, 0.15) is 5.65 Å². The third-order valence-corrected chi connectivity index (χ3v) is 4.40. The Morgan fingerprint density at radius 1 is 0.609 bits per heavy atom. The molecule has 2 aromatic heterocycles. The first-order valence-corrected chi connectivity index (χ1v) is 7.76. The Balaban J connectivity index is 1.99. The van der Waals surface area contributed by atoms with Crippen LogP contribution in [0.5, 0.6) is 0 Å². The minimum Gasteiger partial charge on any atom is -0.298 e. The molecule has 108 valence electrons. The summed E-state index contributed by atoms with van der Waals surface area (Å²) in [6.07, 6.45) is 2.14. The molecule has 3 aromatic carbocycles. The van der Waals surface area contributed by atoms with E-state index in [1.807, 2.05) is 6.07 Å². The molecule has 0 bridgehead atoms. The van der Waals surface area contributed by atoms with E-state index >= 15 is 0 Å². The van der Waals surface area contributed by atoms with E-state index in [0.717, 1.165) is 16.9 Å². The second-order valence-electron chi connectivity index (χ2n) is 5.75. The number of pyridine rings is 1. The number of imidazole rings is 1. The van der Waals surface area contributed by atoms with Crippen LogP contribution in [0.4, 0.5) is 0 Å². The first kappa shape index (κ1) is 12.4. The van der Waals surface area contributed by atoms with E-state index in [9.17, 15) is 0 Å². The van der Waals surface area contributed by atoms with E-state index in [-0.39, 0.29) is 0 Å². The molecule has 0 amide bonds. The largest absolute Gasteiger partial charge is 0.298 e. The molecule has 5 aromatic rings. The highest BCUT2D eigenvalue weighted by atomic mass is 15.0. The summed E-state index contributed by atoms with van der Waals surface area (Å²) in [6, 6.07) is 27.3. The van der Waals surface area contributed by atoms with E-state index in [1.54, 1.807) is 0 Å². The van der Waals surface area contributed by atoms with E-state index in [0.29, 0.717) is 0 Å². The van der Waals surface area contributed by atoms with Gasteiger partial charge in [-0.25, -0.2) is 4.98 Å². The van der Waals surface area contributed by atoms with Crippen LogP contribution >= 0.6 is 0 Å². The molecule has 0 spiro atoms. The van der Waals surface area contributed by atoms with Crippen LogP contribution in [-0.4, -0.2) is 9.38 Å². The molecule has 2 heteroatoms. The van der Waals surface area contributed by atoms with Crippen molar-refractivity contribution in [1.29, 1.82) is 0 Å². The SMILES string of the molecule is c1ccc(-c2cn3c4ccccc4c4ccccc4c3n2)cc1. The molecule has 0 aliphatic heterocycles. The fraction of sp³-hybridized carbons (Fsp3) is 0. The topological polar surface area (TPSA) is 17.3 Å². The predicted octanol–water partition coefficient (Wildman–Crippen LogP) is 5.31. The van der Waals surface area contributed by atoms with Crippen molar-refractivity contribution < 1.29 is 0 Å². The van der Waals surface area contributed by atoms with Crippen molar-refractivity contribution in [2.24, 2.45) is 0 Å². The molecule has 0 fully saturated rings. The number of hydrogen-bond acceptors (Lipinski definition) is 1. The number of para-hydroxylation sites is 1. The average molecular weight is 294 g/mol. The van der Waals surface area contributed by atoms with E-state index < -0.39 is 0 Å². The van der Waals surface area contributed by atoms with Gasteiger partial charge in [0, 0.05) is 22.5 Å². The molecule has 23 heavy (non-hydrogen) atoms. The van der Waals surface area contributed by atoms with Crippen molar-refractivity contribution in [2.45, 2.75) is 0 Å². The Labute approximate surface area is 133 Å². The van der Waals surface area contributed by atoms with Crippen molar-refractivity contribution in [1.82, 2.24) is 9.38 Å². The summed E-state index contributed by atoms with van der Waals surface area (Å²) >= 11 is 0. The van der Waals surface area contributed by atoms with Crippen molar-refractivity contribution in [3.8, 4) is 11.3 Å². The number of aromatic nitrogens is 2. The zero-order valence-corrected chi connectivity index (χ0v) is 12.5. The maximum Gasteiger partial charge on any atom is 0.145 e. The summed E-state index contributed by atoms with van der Waals surface area (Å²) in [6.45, 7) is 0. The quantitative estimate of drug-likeness (QED) is 0.383. The number of rotatable bonds is 1. The third kappa shape index (κ3) is 1.78. The Morgan fingerprint density at radius 3 is 2.09 bits per heavy atom. The van der Waals surface area contributed by atoms with Gasteiger partial charge in [-0.1, -0.05) is 72.8 Å². The molecule has 0 saturated carbocycles. The lowest BCUT2D eigenvalue weighted by Gasteiger charge is -2.07. The van der Waals surface area contributed by atoms with Gasteiger partial charge < -0.3 is 0 Å². The molecule has 5 rings (SSSR count). The monoisotopic (exact) mass is 294 g/mol. The molecule has 2 heterocycles. The lowest BCUT2D eigenvalue weighted by atomic mass is 10.1. The van der Waals surface area contributed by atoms with Crippen LogP contribution in [0.25, 0.3) is 38.6 Å². The van der Waals surface area contributed by atoms with Gasteiger partial charge in [0.2, 0.25) is 0 Å². The van der Waals surface area contributed by atoms with Gasteiger partial charge in [0.05, 0.1) is 11.2 Å². The van der Waals surface area contributed by atoms with Gasteiger partial charge in [-0.3, -0.25) is 4.40 Å². The molecular formula is C21H14N2. The van der Waals surface area contributed by atoms with Crippen LogP contribution in [0.1, 0.15) is 0 Å². The van der Waals surface area contributed by atoms with Crippen LogP contribution < -0.4 is 0 Å². The van der Waals surface area contributed by atoms with Crippen molar-refractivity contribution in [3.63, 3.8) is 0 Å². The first-order valence-electron chi connectivity index (χ1n) is 7.76. The van der Waals surface area contributed by atoms with Crippen LogP contribution in [0, 0.1) is 0 Å². The molecule has 2 nitrogen and oxygen atoms in total. The molecule has 0 aliphatic carbocycles. The van der Waals surface area contributed by atoms with E-state index in [2.05, 4.69) is 83.4 Å². The minimum atomic E-state index is 1.01. The summed E-state index contributed by atoms with van der Waals surface area (Å²) in [7, 11) is 0. The molecule has 0 N–H and O–H groups in total. The fourth-order valence-electron chi connectivity index (χ4n) is 3.33. The van der Waals surface area contributed by atoms with Gasteiger partial charge in [0.15, 0.2) is 0 Å². The van der Waals surface area contributed by atoms with Gasteiger partial charge >= 0.3 is 0 Å². The average Bonchev–Trinajstić information content (AvgIpc) is 3.09. The summed E-state index contributed by atoms with van der Waals surface area (Å²) in [5, 5.41) is 3.70. The smallest absolute Gasteiger partial charge is 0.145 e. The second-order valence-corrected chi connectivity index (χ2v) is 5.75. The lowest BCUT2D eigenvalue weighted by Crippen LogP contribution is -1.89. The maximum atomic E-state index is 4.92. The van der Waals surface area contributed by atoms with E-state index in [1.165, 1.54) is 21.7 Å². The Morgan fingerprint density at radius 2 is 1.26 bits per heavy atom. The van der Waals surface area contributed by atoms with Crippen molar-refractivity contribution in [3.05, 3.63) is 85.1 Å². The van der Waals surface area contributed by atoms with Crippen LogP contribution in [-0.2, 0) is 0 Å². The fourth-order valence-corrected chi connectivity index (χ4v) is 3.33. The van der Waals surface area contributed by atoms with Crippen LogP contribution in [0.2, 0.25) is 0 Å². The maximum absolute atomic E-state index is 4.92. The van der Waals surface area contributed by atoms with Gasteiger partial charge in [0.25, 0.3) is 0 Å². The lowest BCUT2D eigenvalue weighted by molar-refractivity contribution is 1.27. The van der Waals surface area contributed by atoms with Gasteiger partial charge in [-0.05, 0) is 11.5 Å². The van der Waals surface area contributed by atoms with E-state index in [4.69, 9.17) is 4.98 Å². The van der Waals surface area contributed by atoms with Crippen LogP contribution in [0.15, 0.2) is 85.1 Å². The standard InChI is InChI=1S/C21H14N2/c1-2-8-15(9-3-1)19-14-23-20-13-7-6-11-17(20)16-10-4-5-12-18(16)21(23)22-19/h1-14H.